The van der Waals surface area contributed by atoms with Crippen molar-refractivity contribution in [3.8, 4) is 5.75 Å². The molecule has 6 nitrogen and oxygen atoms in total. The maximum atomic E-state index is 12.4. The standard InChI is InChI=1S/C15H17NO5S/c1-3-21-14(18)9-22-12-8-13(17)16(15(12)19)10-5-4-6-11(7-10)20-2/h4-7,12H,3,8-9H2,1-2H3. The van der Waals surface area contributed by atoms with Gasteiger partial charge in [-0.3, -0.25) is 14.4 Å². The zero-order valence-corrected chi connectivity index (χ0v) is 13.2. The molecule has 7 heteroatoms. The number of hydrogen-bond donors (Lipinski definition) is 0. The number of nitrogens with zero attached hydrogens (tertiary/aromatic N) is 1. The summed E-state index contributed by atoms with van der Waals surface area (Å²) in [5.74, 6) is -0.343. The van der Waals surface area contributed by atoms with Crippen LogP contribution in [0.2, 0.25) is 0 Å². The number of imide groups is 1. The molecule has 1 aliphatic heterocycles. The number of carbonyl (C=O) groups is 3. The molecule has 0 aromatic heterocycles. The summed E-state index contributed by atoms with van der Waals surface area (Å²) in [7, 11) is 1.52. The van der Waals surface area contributed by atoms with Crippen molar-refractivity contribution in [3.63, 3.8) is 0 Å². The monoisotopic (exact) mass is 323 g/mol. The molecular formula is C15H17NO5S. The topological polar surface area (TPSA) is 72.9 Å². The van der Waals surface area contributed by atoms with E-state index < -0.39 is 5.25 Å². The van der Waals surface area contributed by atoms with E-state index in [2.05, 4.69) is 0 Å². The van der Waals surface area contributed by atoms with E-state index in [0.29, 0.717) is 18.0 Å². The fourth-order valence-electron chi connectivity index (χ4n) is 2.13. The highest BCUT2D eigenvalue weighted by Gasteiger charge is 2.40. The second-order valence-electron chi connectivity index (χ2n) is 4.58. The Morgan fingerprint density at radius 1 is 1.41 bits per heavy atom. The number of methoxy groups -OCH3 is 1. The summed E-state index contributed by atoms with van der Waals surface area (Å²) in [4.78, 5) is 37.0. The normalized spacial score (nSPS) is 17.7. The Bertz CT molecular complexity index is 589. The number of thioether (sulfide) groups is 1. The van der Waals surface area contributed by atoms with Gasteiger partial charge in [0, 0.05) is 12.5 Å². The van der Waals surface area contributed by atoms with Crippen molar-refractivity contribution in [1.29, 1.82) is 0 Å². The van der Waals surface area contributed by atoms with Gasteiger partial charge in [-0.2, -0.15) is 0 Å². The van der Waals surface area contributed by atoms with Crippen LogP contribution < -0.4 is 9.64 Å². The molecule has 118 valence electrons. The molecule has 1 fully saturated rings. The third kappa shape index (κ3) is 3.59. The SMILES string of the molecule is CCOC(=O)CSC1CC(=O)N(c2cccc(OC)c2)C1=O. The number of carbonyl (C=O) groups excluding carboxylic acids is 3. The molecule has 2 rings (SSSR count). The highest BCUT2D eigenvalue weighted by molar-refractivity contribution is 8.01. The van der Waals surface area contributed by atoms with Crippen LogP contribution >= 0.6 is 11.8 Å². The second-order valence-corrected chi connectivity index (χ2v) is 5.77. The Hall–Kier alpha value is -2.02. The van der Waals surface area contributed by atoms with Crippen LogP contribution in [0.3, 0.4) is 0 Å². The molecule has 1 saturated heterocycles. The lowest BCUT2D eigenvalue weighted by Gasteiger charge is -2.15. The van der Waals surface area contributed by atoms with Crippen molar-refractivity contribution in [2.75, 3.05) is 24.4 Å². The first-order chi connectivity index (χ1) is 10.6. The summed E-state index contributed by atoms with van der Waals surface area (Å²) < 4.78 is 9.92. The number of benzene rings is 1. The van der Waals surface area contributed by atoms with Crippen molar-refractivity contribution in [1.82, 2.24) is 0 Å². The molecule has 0 saturated carbocycles. The average Bonchev–Trinajstić information content (AvgIpc) is 2.80. The van der Waals surface area contributed by atoms with E-state index in [1.807, 2.05) is 0 Å². The van der Waals surface area contributed by atoms with Crippen LogP contribution in [-0.2, 0) is 19.1 Å². The maximum absolute atomic E-state index is 12.4. The molecule has 1 aromatic rings. The molecule has 0 bridgehead atoms. The molecule has 0 radical (unpaired) electrons. The first kappa shape index (κ1) is 16.4. The van der Waals surface area contributed by atoms with Crippen LogP contribution in [0.25, 0.3) is 0 Å². The fourth-order valence-corrected chi connectivity index (χ4v) is 3.06. The number of ether oxygens (including phenoxy) is 2. The smallest absolute Gasteiger partial charge is 0.315 e. The minimum Gasteiger partial charge on any atom is -0.497 e. The van der Waals surface area contributed by atoms with Gasteiger partial charge in [0.05, 0.1) is 30.4 Å². The Labute approximate surface area is 132 Å². The highest BCUT2D eigenvalue weighted by Crippen LogP contribution is 2.31. The first-order valence-electron chi connectivity index (χ1n) is 6.85. The molecule has 0 aliphatic carbocycles. The van der Waals surface area contributed by atoms with Crippen LogP contribution in [0.15, 0.2) is 24.3 Å². The van der Waals surface area contributed by atoms with Gasteiger partial charge in [0.25, 0.3) is 0 Å². The predicted octanol–water partition coefficient (Wildman–Crippen LogP) is 1.62. The van der Waals surface area contributed by atoms with Crippen molar-refractivity contribution in [2.45, 2.75) is 18.6 Å². The molecular weight excluding hydrogens is 306 g/mol. The molecule has 0 spiro atoms. The van der Waals surface area contributed by atoms with Gasteiger partial charge in [-0.25, -0.2) is 4.90 Å². The lowest BCUT2D eigenvalue weighted by atomic mass is 10.3. The summed E-state index contributed by atoms with van der Waals surface area (Å²) in [5.41, 5.74) is 0.480. The van der Waals surface area contributed by atoms with Gasteiger partial charge in [-0.15, -0.1) is 11.8 Å². The summed E-state index contributed by atoms with van der Waals surface area (Å²) in [6.07, 6.45) is 0.0834. The van der Waals surface area contributed by atoms with Crippen molar-refractivity contribution >= 4 is 35.2 Å². The zero-order chi connectivity index (χ0) is 16.1. The van der Waals surface area contributed by atoms with E-state index in [0.717, 1.165) is 16.7 Å². The van der Waals surface area contributed by atoms with Crippen LogP contribution in [0.1, 0.15) is 13.3 Å². The van der Waals surface area contributed by atoms with E-state index >= 15 is 0 Å². The lowest BCUT2D eigenvalue weighted by molar-refractivity contribution is -0.139. The molecule has 1 atom stereocenters. The quantitative estimate of drug-likeness (QED) is 0.585. The van der Waals surface area contributed by atoms with Crippen molar-refractivity contribution in [3.05, 3.63) is 24.3 Å². The van der Waals surface area contributed by atoms with Crippen molar-refractivity contribution in [2.24, 2.45) is 0 Å². The van der Waals surface area contributed by atoms with E-state index in [4.69, 9.17) is 9.47 Å². The van der Waals surface area contributed by atoms with E-state index in [-0.39, 0.29) is 30.0 Å². The van der Waals surface area contributed by atoms with Gasteiger partial charge in [0.2, 0.25) is 11.8 Å². The first-order valence-corrected chi connectivity index (χ1v) is 7.89. The Kier molecular flexibility index (Phi) is 5.43. The van der Waals surface area contributed by atoms with Crippen LogP contribution in [0.5, 0.6) is 5.75 Å². The van der Waals surface area contributed by atoms with E-state index in [1.165, 1.54) is 7.11 Å². The Morgan fingerprint density at radius 3 is 2.86 bits per heavy atom. The molecule has 0 N–H and O–H groups in total. The highest BCUT2D eigenvalue weighted by atomic mass is 32.2. The molecule has 22 heavy (non-hydrogen) atoms. The summed E-state index contributed by atoms with van der Waals surface area (Å²) in [6.45, 7) is 2.02. The second kappa shape index (κ2) is 7.31. The van der Waals surface area contributed by atoms with Gasteiger partial charge in [-0.1, -0.05) is 6.07 Å². The van der Waals surface area contributed by atoms with Crippen LogP contribution in [0.4, 0.5) is 5.69 Å². The minimum atomic E-state index is -0.553. The third-order valence-corrected chi connectivity index (χ3v) is 4.30. The van der Waals surface area contributed by atoms with Gasteiger partial charge in [0.1, 0.15) is 5.75 Å². The molecule has 1 unspecified atom stereocenters. The average molecular weight is 323 g/mol. The summed E-state index contributed by atoms with van der Waals surface area (Å²) in [5, 5.41) is -0.553. The van der Waals surface area contributed by atoms with Crippen LogP contribution in [0, 0.1) is 0 Å². The maximum Gasteiger partial charge on any atom is 0.315 e. The van der Waals surface area contributed by atoms with Gasteiger partial charge in [0.15, 0.2) is 0 Å². The molecule has 1 heterocycles. The van der Waals surface area contributed by atoms with Crippen LogP contribution in [-0.4, -0.2) is 42.5 Å². The van der Waals surface area contributed by atoms with Gasteiger partial charge >= 0.3 is 5.97 Å². The molecule has 2 amide bonds. The third-order valence-electron chi connectivity index (χ3n) is 3.12. The largest absolute Gasteiger partial charge is 0.497 e. The van der Waals surface area contributed by atoms with Gasteiger partial charge < -0.3 is 9.47 Å². The van der Waals surface area contributed by atoms with Crippen molar-refractivity contribution < 1.29 is 23.9 Å². The van der Waals surface area contributed by atoms with E-state index in [1.54, 1.807) is 31.2 Å². The Balaban J connectivity index is 2.06. The predicted molar refractivity (Wildman–Crippen MR) is 83.0 cm³/mol. The number of amides is 2. The molecule has 1 aliphatic rings. The summed E-state index contributed by atoms with van der Waals surface area (Å²) >= 11 is 1.13. The minimum absolute atomic E-state index is 0.0590. The fraction of sp³-hybridized carbons (Fsp3) is 0.400. The Morgan fingerprint density at radius 2 is 2.18 bits per heavy atom. The van der Waals surface area contributed by atoms with E-state index in [9.17, 15) is 14.4 Å². The summed E-state index contributed by atoms with van der Waals surface area (Å²) in [6, 6.07) is 6.76. The number of anilines is 1. The number of hydrogen-bond acceptors (Lipinski definition) is 6. The lowest BCUT2D eigenvalue weighted by Crippen LogP contribution is -2.31. The number of esters is 1. The zero-order valence-electron chi connectivity index (χ0n) is 12.4. The van der Waals surface area contributed by atoms with Gasteiger partial charge in [-0.05, 0) is 19.1 Å². The number of rotatable bonds is 6. The molecule has 1 aromatic carbocycles.